The molecule has 1 atom stereocenters. The summed E-state index contributed by atoms with van der Waals surface area (Å²) in [7, 11) is 0. The zero-order valence-electron chi connectivity index (χ0n) is 19.0. The first-order valence-electron chi connectivity index (χ1n) is 11.4. The fourth-order valence-corrected chi connectivity index (χ4v) is 4.06. The Morgan fingerprint density at radius 1 is 0.939 bits per heavy atom. The first-order valence-corrected chi connectivity index (χ1v) is 11.4. The number of rotatable bonds is 8. The van der Waals surface area contributed by atoms with Gasteiger partial charge in [-0.3, -0.25) is 4.79 Å². The zero-order chi connectivity index (χ0) is 23.2. The number of hydrogen-bond donors (Lipinski definition) is 1. The Morgan fingerprint density at radius 3 is 2.52 bits per heavy atom. The molecule has 1 N–H and O–H groups in total. The highest BCUT2D eigenvalue weighted by Crippen LogP contribution is 2.28. The third-order valence-electron chi connectivity index (χ3n) is 5.79. The van der Waals surface area contributed by atoms with Crippen LogP contribution in [0.1, 0.15) is 54.2 Å². The minimum absolute atomic E-state index is 0.147. The number of ether oxygens (including phenoxy) is 1. The van der Waals surface area contributed by atoms with Crippen LogP contribution in [0.3, 0.4) is 0 Å². The van der Waals surface area contributed by atoms with E-state index in [1.54, 1.807) is 18.2 Å². The Labute approximate surface area is 194 Å². The summed E-state index contributed by atoms with van der Waals surface area (Å²) in [6.45, 7) is 4.13. The summed E-state index contributed by atoms with van der Waals surface area (Å²) in [5, 5.41) is 5.44. The molecule has 0 spiro atoms. The topological polar surface area (TPSA) is 38.3 Å². The molecule has 0 bridgehead atoms. The Morgan fingerprint density at radius 2 is 1.70 bits per heavy atom. The van der Waals surface area contributed by atoms with E-state index < -0.39 is 0 Å². The molecule has 4 rings (SSSR count). The van der Waals surface area contributed by atoms with Crippen LogP contribution in [0.25, 0.3) is 10.8 Å². The van der Waals surface area contributed by atoms with Crippen molar-refractivity contribution in [2.45, 2.75) is 39.2 Å². The third-order valence-corrected chi connectivity index (χ3v) is 5.79. The number of benzene rings is 4. The maximum atomic E-state index is 13.6. The number of carbonyl (C=O) groups excluding carboxylic acids is 1. The van der Waals surface area contributed by atoms with Gasteiger partial charge in [0.05, 0.1) is 6.04 Å². The molecule has 4 heteroatoms. The molecular formula is C29H28FNO2. The van der Waals surface area contributed by atoms with Crippen molar-refractivity contribution in [2.24, 2.45) is 0 Å². The number of unbranched alkanes of at least 4 members (excludes halogenated alkanes) is 1. The van der Waals surface area contributed by atoms with Crippen molar-refractivity contribution in [1.29, 1.82) is 0 Å². The fraction of sp³-hybridized carbons (Fsp3) is 0.207. The lowest BCUT2D eigenvalue weighted by molar-refractivity contribution is 0.0939. The van der Waals surface area contributed by atoms with Gasteiger partial charge in [-0.05, 0) is 65.9 Å². The second-order valence-electron chi connectivity index (χ2n) is 8.25. The predicted octanol–water partition coefficient (Wildman–Crippen LogP) is 7.60. The largest absolute Gasteiger partial charge is 0.457 e. The smallest absolute Gasteiger partial charge is 0.252 e. The van der Waals surface area contributed by atoms with Gasteiger partial charge >= 0.3 is 0 Å². The van der Waals surface area contributed by atoms with Crippen LogP contribution in [0.15, 0.2) is 84.9 Å². The third kappa shape index (κ3) is 5.40. The summed E-state index contributed by atoms with van der Waals surface area (Å²) >= 11 is 0. The van der Waals surface area contributed by atoms with Gasteiger partial charge in [0.15, 0.2) is 0 Å². The summed E-state index contributed by atoms with van der Waals surface area (Å²) in [6, 6.07) is 25.6. The van der Waals surface area contributed by atoms with E-state index in [0.29, 0.717) is 17.1 Å². The minimum Gasteiger partial charge on any atom is -0.457 e. The van der Waals surface area contributed by atoms with Crippen LogP contribution < -0.4 is 10.1 Å². The Bertz CT molecular complexity index is 1260. The number of amides is 1. The van der Waals surface area contributed by atoms with E-state index >= 15 is 0 Å². The molecule has 168 valence electrons. The molecule has 0 radical (unpaired) electrons. The highest BCUT2D eigenvalue weighted by molar-refractivity contribution is 5.97. The quantitative estimate of drug-likeness (QED) is 0.306. The first-order chi connectivity index (χ1) is 16.0. The van der Waals surface area contributed by atoms with Crippen molar-refractivity contribution < 1.29 is 13.9 Å². The molecule has 33 heavy (non-hydrogen) atoms. The monoisotopic (exact) mass is 441 g/mol. The number of halogens is 1. The van der Waals surface area contributed by atoms with Gasteiger partial charge in [-0.2, -0.15) is 0 Å². The number of aryl methyl sites for hydroxylation is 1. The van der Waals surface area contributed by atoms with Crippen LogP contribution in [0.2, 0.25) is 0 Å². The number of nitrogens with one attached hydrogen (secondary N) is 1. The van der Waals surface area contributed by atoms with E-state index in [4.69, 9.17) is 4.74 Å². The lowest BCUT2D eigenvalue weighted by atomic mass is 9.98. The van der Waals surface area contributed by atoms with Gasteiger partial charge in [-0.1, -0.05) is 67.9 Å². The van der Waals surface area contributed by atoms with Crippen LogP contribution in [0.5, 0.6) is 11.5 Å². The number of fused-ring (bicyclic) bond motifs is 1. The summed E-state index contributed by atoms with van der Waals surface area (Å²) in [5.41, 5.74) is 2.64. The van der Waals surface area contributed by atoms with Crippen LogP contribution in [0.4, 0.5) is 4.39 Å². The molecule has 0 saturated carbocycles. The van der Waals surface area contributed by atoms with Crippen LogP contribution in [-0.2, 0) is 6.42 Å². The lowest BCUT2D eigenvalue weighted by Crippen LogP contribution is -2.27. The average molecular weight is 442 g/mol. The summed E-state index contributed by atoms with van der Waals surface area (Å²) in [5.74, 6) is 0.385. The predicted molar refractivity (Wildman–Crippen MR) is 131 cm³/mol. The molecule has 1 amide bonds. The molecule has 0 aliphatic carbocycles. The van der Waals surface area contributed by atoms with Crippen molar-refractivity contribution in [3.05, 3.63) is 107 Å². The number of carbonyl (C=O) groups is 1. The van der Waals surface area contributed by atoms with Gasteiger partial charge in [0.2, 0.25) is 0 Å². The van der Waals surface area contributed by atoms with Crippen LogP contribution in [0, 0.1) is 5.82 Å². The molecule has 0 unspecified atom stereocenters. The van der Waals surface area contributed by atoms with Gasteiger partial charge in [0.1, 0.15) is 17.3 Å². The van der Waals surface area contributed by atoms with Gasteiger partial charge in [0, 0.05) is 11.6 Å². The lowest BCUT2D eigenvalue weighted by Gasteiger charge is -2.19. The minimum atomic E-state index is -0.367. The van der Waals surface area contributed by atoms with E-state index in [2.05, 4.69) is 36.5 Å². The van der Waals surface area contributed by atoms with Crippen molar-refractivity contribution in [1.82, 2.24) is 5.32 Å². The molecule has 0 fully saturated rings. The molecule has 4 aromatic carbocycles. The summed E-state index contributed by atoms with van der Waals surface area (Å²) in [6.07, 6.45) is 2.83. The second-order valence-corrected chi connectivity index (χ2v) is 8.25. The average Bonchev–Trinajstić information content (AvgIpc) is 2.82. The van der Waals surface area contributed by atoms with E-state index in [1.165, 1.54) is 12.1 Å². The maximum absolute atomic E-state index is 13.6. The highest BCUT2D eigenvalue weighted by atomic mass is 19.1. The molecule has 0 saturated heterocycles. The Hall–Kier alpha value is -3.66. The standard InChI is InChI=1S/C29H28FNO2/c1-3-4-9-22-16-17-25(33-24-13-8-12-23(30)18-24)19-28(22)29(32)31-20(2)26-15-7-11-21-10-5-6-14-27(21)26/h5-8,10-20H,3-4,9H2,1-2H3,(H,31,32)/t20-/m1/s1. The van der Waals surface area contributed by atoms with Crippen molar-refractivity contribution in [3.63, 3.8) is 0 Å². The van der Waals surface area contributed by atoms with Gasteiger partial charge in [-0.25, -0.2) is 4.39 Å². The Balaban J connectivity index is 1.61. The first kappa shape index (κ1) is 22.5. The van der Waals surface area contributed by atoms with Crippen molar-refractivity contribution in [3.8, 4) is 11.5 Å². The van der Waals surface area contributed by atoms with Gasteiger partial charge in [-0.15, -0.1) is 0 Å². The second kappa shape index (κ2) is 10.3. The highest BCUT2D eigenvalue weighted by Gasteiger charge is 2.17. The van der Waals surface area contributed by atoms with Gasteiger partial charge in [0.25, 0.3) is 5.91 Å². The van der Waals surface area contributed by atoms with Crippen molar-refractivity contribution >= 4 is 16.7 Å². The van der Waals surface area contributed by atoms with Gasteiger partial charge < -0.3 is 10.1 Å². The summed E-state index contributed by atoms with van der Waals surface area (Å²) < 4.78 is 19.4. The van der Waals surface area contributed by atoms with E-state index in [9.17, 15) is 9.18 Å². The van der Waals surface area contributed by atoms with Crippen LogP contribution >= 0.6 is 0 Å². The van der Waals surface area contributed by atoms with E-state index in [1.807, 2.05) is 37.3 Å². The molecular weight excluding hydrogens is 413 g/mol. The Kier molecular flexibility index (Phi) is 7.04. The SMILES string of the molecule is CCCCc1ccc(Oc2cccc(F)c2)cc1C(=O)N[C@H](C)c1cccc2ccccc12. The van der Waals surface area contributed by atoms with Crippen molar-refractivity contribution in [2.75, 3.05) is 0 Å². The van der Waals surface area contributed by atoms with E-state index in [-0.39, 0.29) is 17.8 Å². The van der Waals surface area contributed by atoms with Crippen LogP contribution in [-0.4, -0.2) is 5.91 Å². The normalized spacial score (nSPS) is 11.8. The fourth-order valence-electron chi connectivity index (χ4n) is 4.06. The zero-order valence-corrected chi connectivity index (χ0v) is 19.0. The molecule has 4 aromatic rings. The van der Waals surface area contributed by atoms with E-state index in [0.717, 1.165) is 41.2 Å². The number of hydrogen-bond acceptors (Lipinski definition) is 2. The molecule has 3 nitrogen and oxygen atoms in total. The molecule has 0 aromatic heterocycles. The molecule has 0 aliphatic rings. The summed E-state index contributed by atoms with van der Waals surface area (Å²) in [4.78, 5) is 13.4. The molecule has 0 aliphatic heterocycles. The molecule has 0 heterocycles. The maximum Gasteiger partial charge on any atom is 0.252 e.